The van der Waals surface area contributed by atoms with Crippen molar-refractivity contribution in [3.63, 3.8) is 0 Å². The number of halogens is 1. The Labute approximate surface area is 137 Å². The first-order valence-corrected chi connectivity index (χ1v) is 8.61. The number of nitrogens with one attached hydrogen (secondary N) is 1. The van der Waals surface area contributed by atoms with Crippen molar-refractivity contribution in [1.82, 2.24) is 0 Å². The number of anilines is 1. The largest absolute Gasteiger partial charge is 0.478 e. The number of carbonyl (C=O) groups is 1. The second-order valence-corrected chi connectivity index (χ2v) is 7.41. The van der Waals surface area contributed by atoms with Crippen LogP contribution in [0, 0.1) is 13.8 Å². The number of carboxylic acid groups (broad SMARTS) is 1. The molecule has 116 valence electrons. The summed E-state index contributed by atoms with van der Waals surface area (Å²) in [6.07, 6.45) is 0. The SMILES string of the molecule is Cc1ccc(NS(=O)(=O)c2ccc(C)c(C(=O)O)c2)c(Br)c1. The summed E-state index contributed by atoms with van der Waals surface area (Å²) in [5, 5.41) is 9.10. The predicted octanol–water partition coefficient (Wildman–Crippen LogP) is 3.56. The van der Waals surface area contributed by atoms with Gasteiger partial charge < -0.3 is 5.11 Å². The molecule has 2 aromatic carbocycles. The molecule has 0 aliphatic heterocycles. The van der Waals surface area contributed by atoms with Gasteiger partial charge in [-0.1, -0.05) is 12.1 Å². The van der Waals surface area contributed by atoms with Crippen molar-refractivity contribution in [3.05, 3.63) is 57.6 Å². The van der Waals surface area contributed by atoms with Crippen LogP contribution in [-0.4, -0.2) is 19.5 Å². The fraction of sp³-hybridized carbons (Fsp3) is 0.133. The van der Waals surface area contributed by atoms with Gasteiger partial charge >= 0.3 is 5.97 Å². The molecule has 2 rings (SSSR count). The summed E-state index contributed by atoms with van der Waals surface area (Å²) in [7, 11) is -3.86. The maximum atomic E-state index is 12.4. The van der Waals surface area contributed by atoms with Gasteiger partial charge in [0.05, 0.1) is 16.1 Å². The second-order valence-electron chi connectivity index (χ2n) is 4.87. The second kappa shape index (κ2) is 6.10. The average Bonchev–Trinajstić information content (AvgIpc) is 2.42. The molecule has 0 aliphatic rings. The van der Waals surface area contributed by atoms with Gasteiger partial charge in [0.15, 0.2) is 0 Å². The van der Waals surface area contributed by atoms with Gasteiger partial charge in [-0.3, -0.25) is 4.72 Å². The molecule has 2 aromatic rings. The fourth-order valence-corrected chi connectivity index (χ4v) is 3.73. The quantitative estimate of drug-likeness (QED) is 0.844. The van der Waals surface area contributed by atoms with Crippen LogP contribution in [0.25, 0.3) is 0 Å². The lowest BCUT2D eigenvalue weighted by Crippen LogP contribution is -2.14. The number of sulfonamides is 1. The Balaban J connectivity index is 2.42. The zero-order valence-electron chi connectivity index (χ0n) is 11.9. The first-order valence-electron chi connectivity index (χ1n) is 6.33. The Bertz CT molecular complexity index is 847. The molecule has 0 aromatic heterocycles. The maximum absolute atomic E-state index is 12.4. The number of benzene rings is 2. The summed E-state index contributed by atoms with van der Waals surface area (Å²) in [6, 6.07) is 9.22. The van der Waals surface area contributed by atoms with Crippen LogP contribution < -0.4 is 4.72 Å². The zero-order chi connectivity index (χ0) is 16.5. The van der Waals surface area contributed by atoms with Gasteiger partial charge in [-0.15, -0.1) is 0 Å². The van der Waals surface area contributed by atoms with Gasteiger partial charge in [0.1, 0.15) is 0 Å². The topological polar surface area (TPSA) is 83.5 Å². The number of carboxylic acids is 1. The molecule has 0 spiro atoms. The van der Waals surface area contributed by atoms with E-state index in [1.165, 1.54) is 12.1 Å². The predicted molar refractivity (Wildman–Crippen MR) is 87.8 cm³/mol. The highest BCUT2D eigenvalue weighted by molar-refractivity contribution is 9.10. The lowest BCUT2D eigenvalue weighted by molar-refractivity contribution is 0.0696. The first kappa shape index (κ1) is 16.5. The third-order valence-electron chi connectivity index (χ3n) is 3.12. The molecule has 0 saturated heterocycles. The van der Waals surface area contributed by atoms with E-state index >= 15 is 0 Å². The van der Waals surface area contributed by atoms with Crippen molar-refractivity contribution >= 4 is 37.6 Å². The summed E-state index contributed by atoms with van der Waals surface area (Å²) in [6.45, 7) is 3.51. The molecule has 2 N–H and O–H groups in total. The smallest absolute Gasteiger partial charge is 0.335 e. The zero-order valence-corrected chi connectivity index (χ0v) is 14.3. The van der Waals surface area contributed by atoms with Crippen LogP contribution in [0.15, 0.2) is 45.8 Å². The molecule has 0 saturated carbocycles. The molecular formula is C15H14BrNO4S. The number of hydrogen-bond donors (Lipinski definition) is 2. The van der Waals surface area contributed by atoms with E-state index in [9.17, 15) is 13.2 Å². The van der Waals surface area contributed by atoms with E-state index in [2.05, 4.69) is 20.7 Å². The van der Waals surface area contributed by atoms with Gasteiger partial charge in [-0.25, -0.2) is 13.2 Å². The summed E-state index contributed by atoms with van der Waals surface area (Å²) >= 11 is 3.30. The maximum Gasteiger partial charge on any atom is 0.335 e. The summed E-state index contributed by atoms with van der Waals surface area (Å²) in [5.41, 5.74) is 1.84. The molecule has 0 amide bonds. The molecule has 0 aliphatic carbocycles. The van der Waals surface area contributed by atoms with Crippen molar-refractivity contribution in [2.24, 2.45) is 0 Å². The van der Waals surface area contributed by atoms with Crippen molar-refractivity contribution in [2.75, 3.05) is 4.72 Å². The lowest BCUT2D eigenvalue weighted by Gasteiger charge is -2.11. The summed E-state index contributed by atoms with van der Waals surface area (Å²) < 4.78 is 27.9. The van der Waals surface area contributed by atoms with E-state index in [1.807, 2.05) is 6.92 Å². The Morgan fingerprint density at radius 2 is 1.82 bits per heavy atom. The molecule has 0 fully saturated rings. The average molecular weight is 384 g/mol. The van der Waals surface area contributed by atoms with E-state index in [0.29, 0.717) is 15.7 Å². The summed E-state index contributed by atoms with van der Waals surface area (Å²) in [4.78, 5) is 11.0. The highest BCUT2D eigenvalue weighted by atomic mass is 79.9. The van der Waals surface area contributed by atoms with E-state index in [1.54, 1.807) is 25.1 Å². The van der Waals surface area contributed by atoms with Crippen LogP contribution in [0.1, 0.15) is 21.5 Å². The van der Waals surface area contributed by atoms with Gasteiger partial charge in [0, 0.05) is 4.47 Å². The van der Waals surface area contributed by atoms with E-state index in [-0.39, 0.29) is 10.5 Å². The minimum atomic E-state index is -3.86. The number of rotatable bonds is 4. The monoisotopic (exact) mass is 383 g/mol. The van der Waals surface area contributed by atoms with E-state index in [0.717, 1.165) is 11.6 Å². The Kier molecular flexibility index (Phi) is 4.58. The Hall–Kier alpha value is -1.86. The van der Waals surface area contributed by atoms with Crippen LogP contribution in [0.3, 0.4) is 0 Å². The summed E-state index contributed by atoms with van der Waals surface area (Å²) in [5.74, 6) is -1.16. The minimum Gasteiger partial charge on any atom is -0.478 e. The first-order chi connectivity index (χ1) is 10.2. The lowest BCUT2D eigenvalue weighted by atomic mass is 10.1. The van der Waals surface area contributed by atoms with E-state index < -0.39 is 16.0 Å². The van der Waals surface area contributed by atoms with Gasteiger partial charge in [0.25, 0.3) is 10.0 Å². The van der Waals surface area contributed by atoms with E-state index in [4.69, 9.17) is 5.11 Å². The molecule has 7 heteroatoms. The highest BCUT2D eigenvalue weighted by Gasteiger charge is 2.18. The van der Waals surface area contributed by atoms with Crippen LogP contribution in [0.2, 0.25) is 0 Å². The highest BCUT2D eigenvalue weighted by Crippen LogP contribution is 2.26. The van der Waals surface area contributed by atoms with Gasteiger partial charge in [-0.2, -0.15) is 0 Å². The molecular weight excluding hydrogens is 370 g/mol. The van der Waals surface area contributed by atoms with Crippen molar-refractivity contribution in [1.29, 1.82) is 0 Å². The third-order valence-corrected chi connectivity index (χ3v) is 5.14. The Morgan fingerprint density at radius 1 is 1.14 bits per heavy atom. The Morgan fingerprint density at radius 3 is 2.41 bits per heavy atom. The number of aromatic carboxylic acids is 1. The van der Waals surface area contributed by atoms with Crippen LogP contribution >= 0.6 is 15.9 Å². The van der Waals surface area contributed by atoms with Crippen molar-refractivity contribution in [3.8, 4) is 0 Å². The van der Waals surface area contributed by atoms with Crippen LogP contribution in [0.5, 0.6) is 0 Å². The molecule has 0 atom stereocenters. The fourth-order valence-electron chi connectivity index (χ4n) is 1.91. The molecule has 0 radical (unpaired) electrons. The van der Waals surface area contributed by atoms with Crippen molar-refractivity contribution in [2.45, 2.75) is 18.7 Å². The van der Waals surface area contributed by atoms with Crippen molar-refractivity contribution < 1.29 is 18.3 Å². The molecule has 0 bridgehead atoms. The molecule has 22 heavy (non-hydrogen) atoms. The third kappa shape index (κ3) is 3.48. The standard InChI is InChI=1S/C15H14BrNO4S/c1-9-3-6-14(13(16)7-9)17-22(20,21)11-5-4-10(2)12(8-11)15(18)19/h3-8,17H,1-2H3,(H,18,19). The number of aryl methyl sites for hydroxylation is 2. The van der Waals surface area contributed by atoms with Gasteiger partial charge in [-0.05, 0) is 65.2 Å². The van der Waals surface area contributed by atoms with Crippen LogP contribution in [0.4, 0.5) is 5.69 Å². The normalized spacial score (nSPS) is 11.2. The molecule has 0 unspecified atom stereocenters. The number of hydrogen-bond acceptors (Lipinski definition) is 3. The van der Waals surface area contributed by atoms with Gasteiger partial charge in [0.2, 0.25) is 0 Å². The molecule has 5 nitrogen and oxygen atoms in total. The van der Waals surface area contributed by atoms with Crippen LogP contribution in [-0.2, 0) is 10.0 Å². The molecule has 0 heterocycles. The minimum absolute atomic E-state index is 0.0363.